The summed E-state index contributed by atoms with van der Waals surface area (Å²) < 4.78 is 0. The van der Waals surface area contributed by atoms with Gasteiger partial charge in [-0.2, -0.15) is 0 Å². The van der Waals surface area contributed by atoms with Crippen LogP contribution >= 0.6 is 11.3 Å². The van der Waals surface area contributed by atoms with Crippen molar-refractivity contribution in [2.24, 2.45) is 0 Å². The molecule has 46 heavy (non-hydrogen) atoms. The summed E-state index contributed by atoms with van der Waals surface area (Å²) in [5.41, 5.74) is 9.58. The summed E-state index contributed by atoms with van der Waals surface area (Å²) in [6.45, 7) is 0. The maximum atomic E-state index is 11.4. The molecule has 2 N–H and O–H groups in total. The van der Waals surface area contributed by atoms with E-state index in [-0.39, 0.29) is 52.2 Å². The van der Waals surface area contributed by atoms with Crippen LogP contribution < -0.4 is 0 Å². The Kier molecular flexibility index (Phi) is 11.3. The molecular weight excluding hydrogens is 749 g/mol. The summed E-state index contributed by atoms with van der Waals surface area (Å²) in [4.78, 5) is 5.10. The fourth-order valence-electron chi connectivity index (χ4n) is 5.59. The van der Waals surface area contributed by atoms with Crippen molar-refractivity contribution in [3.05, 3.63) is 166 Å². The van der Waals surface area contributed by atoms with Crippen molar-refractivity contribution in [2.45, 2.75) is 0 Å². The van der Waals surface area contributed by atoms with Crippen LogP contribution in [-0.4, -0.2) is 15.2 Å². The van der Waals surface area contributed by atoms with Crippen LogP contribution in [0.3, 0.4) is 0 Å². The van der Waals surface area contributed by atoms with Gasteiger partial charge in [0.2, 0.25) is 0 Å². The van der Waals surface area contributed by atoms with Crippen molar-refractivity contribution >= 4 is 11.3 Å². The molecule has 0 saturated carbocycles. The van der Waals surface area contributed by atoms with Crippen molar-refractivity contribution in [1.29, 1.82) is 0 Å². The number of aromatic hydroxyl groups is 2. The molecule has 1 heterocycles. The Morgan fingerprint density at radius 1 is 0.391 bits per heavy atom. The van der Waals surface area contributed by atoms with Crippen LogP contribution in [0.2, 0.25) is 0 Å². The number of rotatable bonds is 6. The van der Waals surface area contributed by atoms with Crippen LogP contribution in [0.1, 0.15) is 0 Å². The number of phenols is 2. The normalized spacial score (nSPS) is 10.3. The molecule has 0 aliphatic heterocycles. The minimum absolute atomic E-state index is 0. The molecule has 0 amide bonds. The monoisotopic (exact) mass is 783 g/mol. The standard InChI is InChI=1S/C39H27NO2S.2CH3.Hf/c41-37-28(26-13-3-1-4-14-26)21-11-23-33(37)30-17-7-9-19-32(30)36-25-43-39(40-36)35-20-10-8-18-31(35)34-24-12-22-29(38(34)42)27-15-5-2-6-16-27;;;/h1-25,41-42H;2*1H3;/q;2*-1;. The van der Waals surface area contributed by atoms with E-state index in [1.807, 2.05) is 146 Å². The van der Waals surface area contributed by atoms with Crippen LogP contribution in [-0.2, 0) is 25.8 Å². The second-order valence-electron chi connectivity index (χ2n) is 10.3. The average Bonchev–Trinajstić information content (AvgIpc) is 3.56. The van der Waals surface area contributed by atoms with Gasteiger partial charge in [0, 0.05) is 64.6 Å². The Bertz CT molecular complexity index is 1910. The number of aromatic nitrogens is 1. The molecule has 0 aliphatic rings. The molecule has 7 aromatic rings. The van der Waals surface area contributed by atoms with Crippen molar-refractivity contribution in [2.75, 3.05) is 0 Å². The number of para-hydroxylation sites is 2. The van der Waals surface area contributed by atoms with E-state index >= 15 is 0 Å². The zero-order chi connectivity index (χ0) is 29.2. The van der Waals surface area contributed by atoms with E-state index in [1.165, 1.54) is 0 Å². The fourth-order valence-corrected chi connectivity index (χ4v) is 6.45. The first-order valence-electron chi connectivity index (χ1n) is 14.1. The van der Waals surface area contributed by atoms with Gasteiger partial charge in [0.05, 0.1) is 5.69 Å². The van der Waals surface area contributed by atoms with E-state index in [0.717, 1.165) is 66.3 Å². The molecule has 7 rings (SSSR count). The van der Waals surface area contributed by atoms with E-state index in [2.05, 4.69) is 5.38 Å². The Labute approximate surface area is 294 Å². The third kappa shape index (κ3) is 6.53. The van der Waals surface area contributed by atoms with Gasteiger partial charge in [-0.05, 0) is 22.3 Å². The quantitative estimate of drug-likeness (QED) is 0.130. The third-order valence-electron chi connectivity index (χ3n) is 7.69. The molecule has 0 fully saturated rings. The van der Waals surface area contributed by atoms with Gasteiger partial charge in [0.15, 0.2) is 0 Å². The Balaban J connectivity index is 0.00000160. The summed E-state index contributed by atoms with van der Waals surface area (Å²) in [6, 6.07) is 47.7. The van der Waals surface area contributed by atoms with Crippen LogP contribution in [0.5, 0.6) is 11.5 Å². The predicted octanol–water partition coefficient (Wildman–Crippen LogP) is 11.5. The topological polar surface area (TPSA) is 53.4 Å². The van der Waals surface area contributed by atoms with Gasteiger partial charge in [-0.1, -0.05) is 146 Å². The molecule has 6 aromatic carbocycles. The Hall–Kier alpha value is -4.58. The maximum Gasteiger partial charge on any atom is 0.131 e. The zero-order valence-electron chi connectivity index (χ0n) is 25.7. The molecule has 5 heteroatoms. The van der Waals surface area contributed by atoms with Gasteiger partial charge in [-0.25, -0.2) is 4.98 Å². The summed E-state index contributed by atoms with van der Waals surface area (Å²) in [5.74, 6) is 0.493. The number of thiazole rings is 1. The van der Waals surface area contributed by atoms with E-state index in [9.17, 15) is 10.2 Å². The summed E-state index contributed by atoms with van der Waals surface area (Å²) in [5, 5.41) is 25.7. The summed E-state index contributed by atoms with van der Waals surface area (Å²) in [7, 11) is 0. The number of benzene rings is 6. The Morgan fingerprint density at radius 2 is 0.761 bits per heavy atom. The number of nitrogens with zero attached hydrogens (tertiary/aromatic N) is 1. The fraction of sp³-hybridized carbons (Fsp3) is 0. The maximum absolute atomic E-state index is 11.4. The number of hydrogen-bond acceptors (Lipinski definition) is 4. The SMILES string of the molecule is Oc1c(-c2ccccc2)cccc1-c1ccccc1-c1csc(-c2ccccc2-c2cccc(-c3ccccc3)c2O)n1.[CH3-].[CH3-].[Hf]. The van der Waals surface area contributed by atoms with Gasteiger partial charge in [-0.3, -0.25) is 0 Å². The smallest absolute Gasteiger partial charge is 0.131 e. The predicted molar refractivity (Wildman–Crippen MR) is 191 cm³/mol. The summed E-state index contributed by atoms with van der Waals surface area (Å²) in [6.07, 6.45) is 0. The minimum atomic E-state index is 0. The largest absolute Gasteiger partial charge is 0.507 e. The molecule has 226 valence electrons. The van der Waals surface area contributed by atoms with Crippen LogP contribution in [0, 0.1) is 14.9 Å². The second kappa shape index (κ2) is 15.1. The molecule has 0 spiro atoms. The van der Waals surface area contributed by atoms with Crippen molar-refractivity contribution in [3.8, 4) is 77.8 Å². The molecule has 0 bridgehead atoms. The molecule has 0 unspecified atom stereocenters. The van der Waals surface area contributed by atoms with Crippen LogP contribution in [0.15, 0.2) is 151 Å². The third-order valence-corrected chi connectivity index (χ3v) is 8.56. The van der Waals surface area contributed by atoms with Crippen LogP contribution in [0.4, 0.5) is 0 Å². The molecule has 3 nitrogen and oxygen atoms in total. The second-order valence-corrected chi connectivity index (χ2v) is 11.1. The Morgan fingerprint density at radius 3 is 1.26 bits per heavy atom. The van der Waals surface area contributed by atoms with E-state index in [4.69, 9.17) is 4.98 Å². The molecule has 0 radical (unpaired) electrons. The number of hydrogen-bond donors (Lipinski definition) is 2. The summed E-state index contributed by atoms with van der Waals surface area (Å²) >= 11 is 1.57. The first kappa shape index (κ1) is 34.3. The van der Waals surface area contributed by atoms with Crippen molar-refractivity contribution in [1.82, 2.24) is 4.98 Å². The molecule has 1 aromatic heterocycles. The average molecular weight is 782 g/mol. The molecule has 0 aliphatic carbocycles. The molecular formula is C41H33HfNO2S-2. The molecule has 0 saturated heterocycles. The van der Waals surface area contributed by atoms with Gasteiger partial charge in [0.25, 0.3) is 0 Å². The first-order chi connectivity index (χ1) is 21.2. The van der Waals surface area contributed by atoms with E-state index in [1.54, 1.807) is 11.3 Å². The number of phenolic OH excluding ortho intramolecular Hbond substituents is 2. The van der Waals surface area contributed by atoms with Crippen molar-refractivity contribution < 1.29 is 36.1 Å². The van der Waals surface area contributed by atoms with Gasteiger partial charge in [-0.15, -0.1) is 11.3 Å². The van der Waals surface area contributed by atoms with E-state index in [0.29, 0.717) is 0 Å². The zero-order valence-corrected chi connectivity index (χ0v) is 30.1. The van der Waals surface area contributed by atoms with Gasteiger partial charge in [0.1, 0.15) is 16.5 Å². The first-order valence-corrected chi connectivity index (χ1v) is 15.0. The van der Waals surface area contributed by atoms with Crippen molar-refractivity contribution in [3.63, 3.8) is 0 Å². The van der Waals surface area contributed by atoms with Gasteiger partial charge < -0.3 is 25.1 Å². The minimum Gasteiger partial charge on any atom is -0.507 e. The van der Waals surface area contributed by atoms with Crippen LogP contribution in [0.25, 0.3) is 66.3 Å². The molecule has 0 atom stereocenters. The van der Waals surface area contributed by atoms with Gasteiger partial charge >= 0.3 is 0 Å². The van der Waals surface area contributed by atoms with E-state index < -0.39 is 0 Å².